The van der Waals surface area contributed by atoms with E-state index in [0.717, 1.165) is 26.2 Å². The quantitative estimate of drug-likeness (QED) is 0.542. The Bertz CT molecular complexity index is 123. The molecular weight excluding hydrogens is 148 g/mol. The van der Waals surface area contributed by atoms with Crippen molar-refractivity contribution in [1.29, 1.82) is 0 Å². The molecule has 1 aliphatic rings. The summed E-state index contributed by atoms with van der Waals surface area (Å²) in [6.07, 6.45) is 0.745. The van der Waals surface area contributed by atoms with Crippen molar-refractivity contribution in [1.82, 2.24) is 5.32 Å². The second-order valence-electron chi connectivity index (χ2n) is 2.40. The highest BCUT2D eigenvalue weighted by Crippen LogP contribution is 1.97. The monoisotopic (exact) mass is 160 g/mol. The minimum Gasteiger partial charge on any atom is -0.393 e. The molecule has 58 valence electrons. The Labute approximate surface area is 65.9 Å². The van der Waals surface area contributed by atoms with Gasteiger partial charge in [0, 0.05) is 19.0 Å². The third kappa shape index (κ3) is 2.60. The number of ether oxygens (including phenoxy) is 1. The molecule has 1 unspecified atom stereocenters. The summed E-state index contributed by atoms with van der Waals surface area (Å²) in [6, 6.07) is 0.339. The second-order valence-corrected chi connectivity index (χ2v) is 2.92. The van der Waals surface area contributed by atoms with Gasteiger partial charge in [-0.15, -0.1) is 0 Å². The highest BCUT2D eigenvalue weighted by molar-refractivity contribution is 7.80. The molecule has 1 aliphatic heterocycles. The average Bonchev–Trinajstić information content (AvgIpc) is 1.88. The molecule has 1 rings (SSSR count). The van der Waals surface area contributed by atoms with Crippen LogP contribution in [0.25, 0.3) is 0 Å². The summed E-state index contributed by atoms with van der Waals surface area (Å²) in [7, 11) is 0. The maximum Gasteiger partial charge on any atom is 0.0743 e. The van der Waals surface area contributed by atoms with Crippen molar-refractivity contribution in [2.24, 2.45) is 5.73 Å². The summed E-state index contributed by atoms with van der Waals surface area (Å²) >= 11 is 4.76. The Morgan fingerprint density at radius 3 is 3.10 bits per heavy atom. The standard InChI is InChI=1S/C6H12N2OS/c7-6(10)3-5-4-9-2-1-8-5/h5,8H,1-4H2,(H2,7,10). The number of thiocarbonyl (C=S) groups is 1. The molecule has 0 amide bonds. The van der Waals surface area contributed by atoms with Crippen LogP contribution >= 0.6 is 12.2 Å². The van der Waals surface area contributed by atoms with E-state index in [4.69, 9.17) is 22.7 Å². The second kappa shape index (κ2) is 3.85. The Balaban J connectivity index is 2.19. The molecule has 0 aromatic carbocycles. The Kier molecular flexibility index (Phi) is 3.05. The molecule has 0 aromatic heterocycles. The van der Waals surface area contributed by atoms with Gasteiger partial charge in [0.25, 0.3) is 0 Å². The predicted octanol–water partition coefficient (Wildman–Crippen LogP) is -0.349. The van der Waals surface area contributed by atoms with Crippen LogP contribution < -0.4 is 11.1 Å². The molecule has 1 heterocycles. The maximum absolute atomic E-state index is 5.36. The van der Waals surface area contributed by atoms with Crippen LogP contribution in [-0.4, -0.2) is 30.8 Å². The molecule has 4 heteroatoms. The van der Waals surface area contributed by atoms with E-state index in [1.165, 1.54) is 0 Å². The fourth-order valence-corrected chi connectivity index (χ4v) is 1.19. The van der Waals surface area contributed by atoms with E-state index in [1.807, 2.05) is 0 Å². The summed E-state index contributed by atoms with van der Waals surface area (Å²) in [6.45, 7) is 2.44. The van der Waals surface area contributed by atoms with E-state index in [0.29, 0.717) is 11.0 Å². The lowest BCUT2D eigenvalue weighted by Gasteiger charge is -2.22. The van der Waals surface area contributed by atoms with Crippen molar-refractivity contribution in [3.8, 4) is 0 Å². The van der Waals surface area contributed by atoms with Gasteiger partial charge >= 0.3 is 0 Å². The van der Waals surface area contributed by atoms with Gasteiger partial charge in [-0.2, -0.15) is 0 Å². The number of nitrogens with one attached hydrogen (secondary N) is 1. The zero-order valence-electron chi connectivity index (χ0n) is 5.80. The number of morpholine rings is 1. The van der Waals surface area contributed by atoms with E-state index in [2.05, 4.69) is 5.32 Å². The summed E-state index contributed by atoms with van der Waals surface area (Å²) in [5.41, 5.74) is 5.36. The largest absolute Gasteiger partial charge is 0.393 e. The van der Waals surface area contributed by atoms with Gasteiger partial charge in [-0.1, -0.05) is 12.2 Å². The molecular formula is C6H12N2OS. The van der Waals surface area contributed by atoms with Gasteiger partial charge in [0.1, 0.15) is 0 Å². The van der Waals surface area contributed by atoms with Gasteiger partial charge in [0.2, 0.25) is 0 Å². The number of nitrogens with two attached hydrogens (primary N) is 1. The SMILES string of the molecule is NC(=S)CC1COCCN1. The van der Waals surface area contributed by atoms with E-state index in [1.54, 1.807) is 0 Å². The molecule has 3 N–H and O–H groups in total. The van der Waals surface area contributed by atoms with Gasteiger partial charge in [-0.3, -0.25) is 0 Å². The summed E-state index contributed by atoms with van der Waals surface area (Å²) in [5.74, 6) is 0. The highest BCUT2D eigenvalue weighted by Gasteiger charge is 2.12. The molecule has 1 atom stereocenters. The fraction of sp³-hybridized carbons (Fsp3) is 0.833. The number of hydrogen-bond acceptors (Lipinski definition) is 3. The van der Waals surface area contributed by atoms with E-state index >= 15 is 0 Å². The first kappa shape index (κ1) is 7.91. The minimum atomic E-state index is 0.339. The highest BCUT2D eigenvalue weighted by atomic mass is 32.1. The maximum atomic E-state index is 5.36. The van der Waals surface area contributed by atoms with Gasteiger partial charge < -0.3 is 15.8 Å². The van der Waals surface area contributed by atoms with Crippen molar-refractivity contribution in [2.75, 3.05) is 19.8 Å². The number of rotatable bonds is 2. The normalized spacial score (nSPS) is 26.2. The zero-order chi connectivity index (χ0) is 7.40. The molecule has 0 aliphatic carbocycles. The molecule has 1 fully saturated rings. The summed E-state index contributed by atoms with van der Waals surface area (Å²) < 4.78 is 5.21. The number of hydrogen-bond donors (Lipinski definition) is 2. The smallest absolute Gasteiger partial charge is 0.0743 e. The first-order valence-corrected chi connectivity index (χ1v) is 3.79. The summed E-state index contributed by atoms with van der Waals surface area (Å²) in [4.78, 5) is 0.558. The van der Waals surface area contributed by atoms with Crippen LogP contribution in [0.3, 0.4) is 0 Å². The Hall–Kier alpha value is -0.190. The van der Waals surface area contributed by atoms with Gasteiger partial charge in [-0.25, -0.2) is 0 Å². The van der Waals surface area contributed by atoms with Crippen molar-refractivity contribution >= 4 is 17.2 Å². The van der Waals surface area contributed by atoms with Gasteiger partial charge in [-0.05, 0) is 0 Å². The van der Waals surface area contributed by atoms with Crippen LogP contribution in [0, 0.1) is 0 Å². The van der Waals surface area contributed by atoms with Crippen LogP contribution in [-0.2, 0) is 4.74 Å². The molecule has 0 aromatic rings. The first-order valence-electron chi connectivity index (χ1n) is 3.38. The Morgan fingerprint density at radius 2 is 2.60 bits per heavy atom. The van der Waals surface area contributed by atoms with E-state index in [-0.39, 0.29) is 0 Å². The fourth-order valence-electron chi connectivity index (χ4n) is 0.994. The van der Waals surface area contributed by atoms with Crippen molar-refractivity contribution in [2.45, 2.75) is 12.5 Å². The van der Waals surface area contributed by atoms with Gasteiger partial charge in [0.15, 0.2) is 0 Å². The topological polar surface area (TPSA) is 47.3 Å². The van der Waals surface area contributed by atoms with Crippen molar-refractivity contribution in [3.05, 3.63) is 0 Å². The lowest BCUT2D eigenvalue weighted by Crippen LogP contribution is -2.43. The van der Waals surface area contributed by atoms with E-state index < -0.39 is 0 Å². The zero-order valence-corrected chi connectivity index (χ0v) is 6.62. The molecule has 0 spiro atoms. The first-order chi connectivity index (χ1) is 4.79. The predicted molar refractivity (Wildman–Crippen MR) is 44.0 cm³/mol. The molecule has 10 heavy (non-hydrogen) atoms. The third-order valence-corrected chi connectivity index (χ3v) is 1.61. The van der Waals surface area contributed by atoms with Crippen LogP contribution in [0.15, 0.2) is 0 Å². The summed E-state index contributed by atoms with van der Waals surface area (Å²) in [5, 5.41) is 3.26. The van der Waals surface area contributed by atoms with E-state index in [9.17, 15) is 0 Å². The van der Waals surface area contributed by atoms with Crippen LogP contribution in [0.1, 0.15) is 6.42 Å². The third-order valence-electron chi connectivity index (χ3n) is 1.45. The molecule has 3 nitrogen and oxygen atoms in total. The average molecular weight is 160 g/mol. The molecule has 0 bridgehead atoms. The minimum absolute atomic E-state index is 0.339. The molecule has 0 saturated carbocycles. The van der Waals surface area contributed by atoms with Crippen molar-refractivity contribution < 1.29 is 4.74 Å². The lowest BCUT2D eigenvalue weighted by atomic mass is 10.2. The van der Waals surface area contributed by atoms with Crippen LogP contribution in [0.4, 0.5) is 0 Å². The molecule has 1 saturated heterocycles. The molecule has 0 radical (unpaired) electrons. The van der Waals surface area contributed by atoms with Crippen molar-refractivity contribution in [3.63, 3.8) is 0 Å². The lowest BCUT2D eigenvalue weighted by molar-refractivity contribution is 0.0791. The Morgan fingerprint density at radius 1 is 1.80 bits per heavy atom. The van der Waals surface area contributed by atoms with Crippen LogP contribution in [0.2, 0.25) is 0 Å². The van der Waals surface area contributed by atoms with Gasteiger partial charge in [0.05, 0.1) is 18.2 Å². The van der Waals surface area contributed by atoms with Crippen LogP contribution in [0.5, 0.6) is 0 Å².